The fourth-order valence-electron chi connectivity index (χ4n) is 2.22. The molecule has 27 heavy (non-hydrogen) atoms. The Morgan fingerprint density at radius 3 is 2.63 bits per heavy atom. The van der Waals surface area contributed by atoms with E-state index in [2.05, 4.69) is 22.9 Å². The van der Waals surface area contributed by atoms with E-state index in [0.717, 1.165) is 6.42 Å². The average molecular weight is 393 g/mol. The molecule has 0 unspecified atom stereocenters. The van der Waals surface area contributed by atoms with Crippen LogP contribution in [0, 0.1) is 11.3 Å². The van der Waals surface area contributed by atoms with Gasteiger partial charge in [-0.25, -0.2) is 4.99 Å². The summed E-state index contributed by atoms with van der Waals surface area (Å²) in [5, 5.41) is 30.6. The number of aliphatic hydroxyl groups is 1. The van der Waals surface area contributed by atoms with Gasteiger partial charge < -0.3 is 26.7 Å². The van der Waals surface area contributed by atoms with E-state index < -0.39 is 11.7 Å². The molecule has 0 aliphatic heterocycles. The Hall–Kier alpha value is -2.48. The first kappa shape index (κ1) is 22.6. The fraction of sp³-hybridized carbons (Fsp3) is 0.421. The van der Waals surface area contributed by atoms with Crippen molar-refractivity contribution in [3.05, 3.63) is 29.5 Å². The number of nitrogens with zero attached hydrogens (tertiary/aromatic N) is 1. The van der Waals surface area contributed by atoms with Crippen molar-refractivity contribution < 1.29 is 15.0 Å². The number of phenols is 1. The van der Waals surface area contributed by atoms with Crippen molar-refractivity contribution in [2.24, 2.45) is 16.6 Å². The summed E-state index contributed by atoms with van der Waals surface area (Å²) >= 11 is 4.22. The minimum atomic E-state index is -0.588. The molecular formula is C19H28N4O3S. The number of rotatable bonds is 9. The van der Waals surface area contributed by atoms with Gasteiger partial charge in [0.15, 0.2) is 5.76 Å². The molecule has 0 bridgehead atoms. The van der Waals surface area contributed by atoms with E-state index in [1.165, 1.54) is 18.2 Å². The molecule has 0 saturated heterocycles. The quantitative estimate of drug-likeness (QED) is 0.126. The molecule has 1 rings (SSSR count). The Labute approximate surface area is 165 Å². The molecule has 7 nitrogen and oxygen atoms in total. The summed E-state index contributed by atoms with van der Waals surface area (Å²) in [4.78, 5) is 17.1. The largest absolute Gasteiger partial charge is 0.508 e. The van der Waals surface area contributed by atoms with Crippen LogP contribution >= 0.6 is 12.6 Å². The van der Waals surface area contributed by atoms with Gasteiger partial charge in [-0.3, -0.25) is 4.79 Å². The van der Waals surface area contributed by atoms with Crippen LogP contribution < -0.4 is 11.1 Å². The third-order valence-corrected chi connectivity index (χ3v) is 4.07. The number of thiol groups is 1. The predicted octanol–water partition coefficient (Wildman–Crippen LogP) is 3.46. The van der Waals surface area contributed by atoms with Crippen molar-refractivity contribution >= 4 is 35.8 Å². The zero-order valence-corrected chi connectivity index (χ0v) is 16.8. The van der Waals surface area contributed by atoms with Gasteiger partial charge in [-0.2, -0.15) is 0 Å². The highest BCUT2D eigenvalue weighted by molar-refractivity contribution is 7.80. The van der Waals surface area contributed by atoms with E-state index in [4.69, 9.17) is 11.1 Å². The third-order valence-electron chi connectivity index (χ3n) is 3.71. The summed E-state index contributed by atoms with van der Waals surface area (Å²) in [5.41, 5.74) is 6.01. The van der Waals surface area contributed by atoms with Gasteiger partial charge >= 0.3 is 0 Å². The Balaban J connectivity index is 3.26. The maximum Gasteiger partial charge on any atom is 0.258 e. The molecule has 8 heteroatoms. The number of nitrogens with one attached hydrogen (secondary N) is 2. The van der Waals surface area contributed by atoms with Crippen molar-refractivity contribution in [2.45, 2.75) is 44.9 Å². The minimum Gasteiger partial charge on any atom is -0.508 e. The van der Waals surface area contributed by atoms with Crippen molar-refractivity contribution in [2.75, 3.05) is 6.54 Å². The van der Waals surface area contributed by atoms with Crippen LogP contribution in [0.2, 0.25) is 0 Å². The summed E-state index contributed by atoms with van der Waals surface area (Å²) in [7, 11) is 0. The van der Waals surface area contributed by atoms with Crippen LogP contribution in [0.3, 0.4) is 0 Å². The number of aromatic hydroxyl groups is 1. The fourth-order valence-corrected chi connectivity index (χ4v) is 2.48. The normalized spacial score (nSPS) is 12.7. The van der Waals surface area contributed by atoms with Crippen LogP contribution in [0.5, 0.6) is 5.75 Å². The van der Waals surface area contributed by atoms with Gasteiger partial charge in [-0.1, -0.05) is 27.2 Å². The zero-order valence-electron chi connectivity index (χ0n) is 15.9. The van der Waals surface area contributed by atoms with Crippen LogP contribution in [0.25, 0.3) is 0 Å². The molecule has 148 valence electrons. The molecule has 0 fully saturated rings. The van der Waals surface area contributed by atoms with Crippen molar-refractivity contribution in [1.29, 1.82) is 5.41 Å². The second-order valence-corrected chi connectivity index (χ2v) is 7.04. The maximum absolute atomic E-state index is 12.6. The first-order valence-electron chi connectivity index (χ1n) is 8.83. The highest BCUT2D eigenvalue weighted by Gasteiger charge is 2.22. The van der Waals surface area contributed by atoms with Crippen LogP contribution in [-0.4, -0.2) is 34.2 Å². The molecule has 0 atom stereocenters. The predicted molar refractivity (Wildman–Crippen MR) is 111 cm³/mol. The number of aliphatic imine (C=N–C) groups is 1. The molecular weight excluding hydrogens is 364 g/mol. The summed E-state index contributed by atoms with van der Waals surface area (Å²) in [6.07, 6.45) is 1.71. The number of allylic oxidation sites excluding steroid dienone is 1. The zero-order chi connectivity index (χ0) is 20.6. The van der Waals surface area contributed by atoms with Crippen LogP contribution in [0.1, 0.15) is 40.0 Å². The molecule has 0 saturated carbocycles. The smallest absolute Gasteiger partial charge is 0.258 e. The van der Waals surface area contributed by atoms with E-state index in [0.29, 0.717) is 35.9 Å². The highest BCUT2D eigenvalue weighted by atomic mass is 32.1. The molecule has 0 heterocycles. The van der Waals surface area contributed by atoms with E-state index in [1.54, 1.807) is 0 Å². The Bertz CT molecular complexity index is 757. The summed E-state index contributed by atoms with van der Waals surface area (Å²) in [5.74, 6) is -0.877. The summed E-state index contributed by atoms with van der Waals surface area (Å²) in [6.45, 7) is 6.35. The van der Waals surface area contributed by atoms with Crippen LogP contribution in [0.15, 0.2) is 39.4 Å². The molecule has 0 spiro atoms. The van der Waals surface area contributed by atoms with Gasteiger partial charge in [0, 0.05) is 11.4 Å². The van der Waals surface area contributed by atoms with Gasteiger partial charge in [0.05, 0.1) is 11.4 Å². The van der Waals surface area contributed by atoms with Crippen molar-refractivity contribution in [1.82, 2.24) is 5.32 Å². The number of nitrogens with two attached hydrogens (primary N) is 1. The minimum absolute atomic E-state index is 0.0206. The standard InChI is InChI=1S/C19H28N4O3S/c1-4-5-13(20)17(25)16(19(26)22-9-8-11(2)3)18(21)23-14-7-6-12(24)10-15(14)27/h6-7,10-11,20,24-25,27H,4-5,8-9H2,1-3H3,(H2,21,23)(H,22,26)/b17-16+,20-13?. The van der Waals surface area contributed by atoms with Crippen LogP contribution in [-0.2, 0) is 4.79 Å². The third kappa shape index (κ3) is 6.97. The number of benzene rings is 1. The Morgan fingerprint density at radius 1 is 1.41 bits per heavy atom. The Morgan fingerprint density at radius 2 is 2.07 bits per heavy atom. The molecule has 0 aliphatic carbocycles. The number of hydrogen-bond donors (Lipinski definition) is 6. The Kier molecular flexibility index (Phi) is 8.87. The number of aliphatic hydroxyl groups excluding tert-OH is 1. The van der Waals surface area contributed by atoms with Crippen molar-refractivity contribution in [3.63, 3.8) is 0 Å². The molecule has 0 aromatic heterocycles. The maximum atomic E-state index is 12.6. The van der Waals surface area contributed by atoms with E-state index in [9.17, 15) is 15.0 Å². The highest BCUT2D eigenvalue weighted by Crippen LogP contribution is 2.27. The monoisotopic (exact) mass is 392 g/mol. The molecule has 1 aromatic rings. The number of hydrogen-bond acceptors (Lipinski definition) is 6. The van der Waals surface area contributed by atoms with E-state index in [1.807, 2.05) is 20.8 Å². The lowest BCUT2D eigenvalue weighted by molar-refractivity contribution is -0.117. The number of amides is 1. The van der Waals surface area contributed by atoms with Gasteiger partial charge in [-0.05, 0) is 37.0 Å². The van der Waals surface area contributed by atoms with E-state index in [-0.39, 0.29) is 22.9 Å². The van der Waals surface area contributed by atoms with Crippen LogP contribution in [0.4, 0.5) is 5.69 Å². The molecule has 1 amide bonds. The lowest BCUT2D eigenvalue weighted by Gasteiger charge is -2.13. The molecule has 6 N–H and O–H groups in total. The van der Waals surface area contributed by atoms with Gasteiger partial charge in [0.25, 0.3) is 5.91 Å². The lowest BCUT2D eigenvalue weighted by Crippen LogP contribution is -2.34. The molecule has 0 radical (unpaired) electrons. The number of amidine groups is 1. The first-order chi connectivity index (χ1) is 12.7. The summed E-state index contributed by atoms with van der Waals surface area (Å²) in [6, 6.07) is 4.30. The van der Waals surface area contributed by atoms with Gasteiger partial charge in [0.2, 0.25) is 0 Å². The van der Waals surface area contributed by atoms with E-state index >= 15 is 0 Å². The number of carbonyl (C=O) groups is 1. The topological polar surface area (TPSA) is 132 Å². The lowest BCUT2D eigenvalue weighted by atomic mass is 10.1. The molecule has 0 aliphatic rings. The molecule has 1 aromatic carbocycles. The van der Waals surface area contributed by atoms with Gasteiger partial charge in [0.1, 0.15) is 17.2 Å². The first-order valence-corrected chi connectivity index (χ1v) is 9.27. The number of carbonyl (C=O) groups excluding carboxylic acids is 1. The number of phenolic OH excluding ortho intramolecular Hbond substituents is 1. The average Bonchev–Trinajstić information content (AvgIpc) is 2.57. The SMILES string of the molecule is CCCC(=N)/C(O)=C(\C(=O)NCCC(C)C)C(N)=Nc1ccc(O)cc1S. The van der Waals surface area contributed by atoms with Gasteiger partial charge in [-0.15, -0.1) is 12.6 Å². The summed E-state index contributed by atoms with van der Waals surface area (Å²) < 4.78 is 0. The van der Waals surface area contributed by atoms with Crippen molar-refractivity contribution in [3.8, 4) is 5.75 Å². The second kappa shape index (κ2) is 10.6. The second-order valence-electron chi connectivity index (χ2n) is 6.56.